The van der Waals surface area contributed by atoms with E-state index in [0.29, 0.717) is 17.7 Å². The van der Waals surface area contributed by atoms with Gasteiger partial charge in [0.15, 0.2) is 0 Å². The molecule has 2 atom stereocenters. The summed E-state index contributed by atoms with van der Waals surface area (Å²) in [5, 5.41) is 3.65. The lowest BCUT2D eigenvalue weighted by atomic mass is 9.92. The molecule has 2 unspecified atom stereocenters. The predicted molar refractivity (Wildman–Crippen MR) is 69.7 cm³/mol. The highest BCUT2D eigenvalue weighted by Crippen LogP contribution is 2.41. The molecular weight excluding hydrogens is 226 g/mol. The molecule has 0 amide bonds. The Bertz CT molecular complexity index is 406. The summed E-state index contributed by atoms with van der Waals surface area (Å²) in [6, 6.07) is 0.787. The molecule has 3 rings (SSSR count). The standard InChI is InChI=1S/C14H21N3O/c1-18-14-13(15-7-8-16-14)12-4-2-3-10(12)9-17-11-5-6-11/h7-8,10-12,17H,2-6,9H2,1H3. The molecule has 1 heterocycles. The Morgan fingerprint density at radius 3 is 2.83 bits per heavy atom. The van der Waals surface area contributed by atoms with Gasteiger partial charge in [-0.2, -0.15) is 0 Å². The fraction of sp³-hybridized carbons (Fsp3) is 0.714. The average Bonchev–Trinajstić information content (AvgIpc) is 3.13. The van der Waals surface area contributed by atoms with Crippen LogP contribution in [0, 0.1) is 5.92 Å². The molecule has 0 spiro atoms. The van der Waals surface area contributed by atoms with Crippen molar-refractivity contribution < 1.29 is 4.74 Å². The van der Waals surface area contributed by atoms with Gasteiger partial charge < -0.3 is 10.1 Å². The van der Waals surface area contributed by atoms with Gasteiger partial charge in [0.25, 0.3) is 0 Å². The van der Waals surface area contributed by atoms with Crippen LogP contribution in [0.15, 0.2) is 12.4 Å². The number of aromatic nitrogens is 2. The first-order valence-electron chi connectivity index (χ1n) is 6.96. The summed E-state index contributed by atoms with van der Waals surface area (Å²) in [4.78, 5) is 8.79. The molecule has 0 radical (unpaired) electrons. The monoisotopic (exact) mass is 247 g/mol. The van der Waals surface area contributed by atoms with Crippen molar-refractivity contribution >= 4 is 0 Å². The van der Waals surface area contributed by atoms with E-state index in [-0.39, 0.29) is 0 Å². The molecule has 18 heavy (non-hydrogen) atoms. The Morgan fingerprint density at radius 2 is 2.06 bits per heavy atom. The molecule has 1 aromatic rings. The van der Waals surface area contributed by atoms with Crippen molar-refractivity contribution in [3.63, 3.8) is 0 Å². The van der Waals surface area contributed by atoms with Crippen LogP contribution in [0.5, 0.6) is 5.88 Å². The van der Waals surface area contributed by atoms with E-state index in [1.165, 1.54) is 32.1 Å². The zero-order valence-corrected chi connectivity index (χ0v) is 10.9. The van der Waals surface area contributed by atoms with Crippen molar-refractivity contribution in [2.75, 3.05) is 13.7 Å². The van der Waals surface area contributed by atoms with Gasteiger partial charge in [0.1, 0.15) is 5.69 Å². The Morgan fingerprint density at radius 1 is 1.22 bits per heavy atom. The smallest absolute Gasteiger partial charge is 0.235 e. The summed E-state index contributed by atoms with van der Waals surface area (Å²) in [5.41, 5.74) is 1.06. The molecule has 2 fully saturated rings. The topological polar surface area (TPSA) is 47.0 Å². The highest BCUT2D eigenvalue weighted by Gasteiger charge is 2.33. The third-order valence-corrected chi connectivity index (χ3v) is 4.14. The fourth-order valence-corrected chi connectivity index (χ4v) is 2.99. The van der Waals surface area contributed by atoms with Crippen LogP contribution in [-0.2, 0) is 0 Å². The largest absolute Gasteiger partial charge is 0.480 e. The molecule has 1 N–H and O–H groups in total. The van der Waals surface area contributed by atoms with Gasteiger partial charge in [0.05, 0.1) is 7.11 Å². The van der Waals surface area contributed by atoms with E-state index in [9.17, 15) is 0 Å². The van der Waals surface area contributed by atoms with Crippen LogP contribution in [0.3, 0.4) is 0 Å². The van der Waals surface area contributed by atoms with Crippen molar-refractivity contribution in [2.24, 2.45) is 5.92 Å². The van der Waals surface area contributed by atoms with Crippen LogP contribution in [-0.4, -0.2) is 29.7 Å². The summed E-state index contributed by atoms with van der Waals surface area (Å²) >= 11 is 0. The normalized spacial score (nSPS) is 27.4. The van der Waals surface area contributed by atoms with E-state index in [2.05, 4.69) is 15.3 Å². The Hall–Kier alpha value is -1.16. The van der Waals surface area contributed by atoms with Crippen molar-refractivity contribution in [3.05, 3.63) is 18.1 Å². The van der Waals surface area contributed by atoms with Crippen molar-refractivity contribution in [3.8, 4) is 5.88 Å². The van der Waals surface area contributed by atoms with Crippen molar-refractivity contribution in [2.45, 2.75) is 44.1 Å². The molecule has 98 valence electrons. The van der Waals surface area contributed by atoms with Crippen molar-refractivity contribution in [1.82, 2.24) is 15.3 Å². The quantitative estimate of drug-likeness (QED) is 0.865. The lowest BCUT2D eigenvalue weighted by molar-refractivity contribution is 0.368. The van der Waals surface area contributed by atoms with Gasteiger partial charge in [0, 0.05) is 24.4 Å². The van der Waals surface area contributed by atoms with Gasteiger partial charge >= 0.3 is 0 Å². The molecule has 2 aliphatic rings. The minimum atomic E-state index is 0.514. The van der Waals surface area contributed by atoms with Crippen LogP contribution >= 0.6 is 0 Å². The first kappa shape index (κ1) is 11.9. The highest BCUT2D eigenvalue weighted by atomic mass is 16.5. The number of hydrogen-bond acceptors (Lipinski definition) is 4. The Balaban J connectivity index is 1.71. The second-order valence-corrected chi connectivity index (χ2v) is 5.43. The second-order valence-electron chi connectivity index (χ2n) is 5.43. The number of methoxy groups -OCH3 is 1. The zero-order chi connectivity index (χ0) is 12.4. The van der Waals surface area contributed by atoms with Crippen LogP contribution < -0.4 is 10.1 Å². The molecule has 4 heteroatoms. The minimum absolute atomic E-state index is 0.514. The first-order chi connectivity index (χ1) is 8.88. The van der Waals surface area contributed by atoms with Crippen LogP contribution in [0.2, 0.25) is 0 Å². The molecule has 1 aromatic heterocycles. The van der Waals surface area contributed by atoms with Gasteiger partial charge in [-0.3, -0.25) is 4.98 Å². The van der Waals surface area contributed by atoms with Gasteiger partial charge in [0.2, 0.25) is 5.88 Å². The lowest BCUT2D eigenvalue weighted by Crippen LogP contribution is -2.26. The van der Waals surface area contributed by atoms with Crippen LogP contribution in [0.1, 0.15) is 43.7 Å². The minimum Gasteiger partial charge on any atom is -0.480 e. The second kappa shape index (κ2) is 5.22. The molecular formula is C14H21N3O. The fourth-order valence-electron chi connectivity index (χ4n) is 2.99. The third-order valence-electron chi connectivity index (χ3n) is 4.14. The highest BCUT2D eigenvalue weighted by molar-refractivity contribution is 5.23. The lowest BCUT2D eigenvalue weighted by Gasteiger charge is -2.20. The zero-order valence-electron chi connectivity index (χ0n) is 10.9. The summed E-state index contributed by atoms with van der Waals surface area (Å²) in [7, 11) is 1.68. The maximum absolute atomic E-state index is 5.35. The maximum Gasteiger partial charge on any atom is 0.235 e. The van der Waals surface area contributed by atoms with Crippen molar-refractivity contribution in [1.29, 1.82) is 0 Å². The molecule has 2 aliphatic carbocycles. The SMILES string of the molecule is COc1nccnc1C1CCCC1CNC1CC1. The van der Waals surface area contributed by atoms with Gasteiger partial charge in [-0.05, 0) is 38.1 Å². The van der Waals surface area contributed by atoms with Gasteiger partial charge in [-0.1, -0.05) is 6.42 Å². The van der Waals surface area contributed by atoms with Gasteiger partial charge in [-0.15, -0.1) is 0 Å². The van der Waals surface area contributed by atoms with E-state index in [4.69, 9.17) is 4.74 Å². The van der Waals surface area contributed by atoms with E-state index in [0.717, 1.165) is 18.3 Å². The molecule has 0 saturated heterocycles. The molecule has 0 bridgehead atoms. The number of nitrogens with zero attached hydrogens (tertiary/aromatic N) is 2. The maximum atomic E-state index is 5.35. The summed E-state index contributed by atoms with van der Waals surface area (Å²) < 4.78 is 5.35. The molecule has 0 aromatic carbocycles. The van der Waals surface area contributed by atoms with Crippen LogP contribution in [0.4, 0.5) is 0 Å². The van der Waals surface area contributed by atoms with Crippen LogP contribution in [0.25, 0.3) is 0 Å². The number of ether oxygens (including phenoxy) is 1. The molecule has 2 saturated carbocycles. The third kappa shape index (κ3) is 2.48. The first-order valence-corrected chi connectivity index (χ1v) is 6.96. The molecule has 4 nitrogen and oxygen atoms in total. The Labute approximate surface area is 108 Å². The number of hydrogen-bond donors (Lipinski definition) is 1. The average molecular weight is 247 g/mol. The summed E-state index contributed by atoms with van der Waals surface area (Å²) in [6.45, 7) is 1.12. The predicted octanol–water partition coefficient (Wildman–Crippen LogP) is 2.12. The number of nitrogens with one attached hydrogen (secondary N) is 1. The van der Waals surface area contributed by atoms with E-state index >= 15 is 0 Å². The summed E-state index contributed by atoms with van der Waals surface area (Å²) in [5.74, 6) is 1.91. The van der Waals surface area contributed by atoms with E-state index < -0.39 is 0 Å². The summed E-state index contributed by atoms with van der Waals surface area (Å²) in [6.07, 6.45) is 9.99. The van der Waals surface area contributed by atoms with Gasteiger partial charge in [-0.25, -0.2) is 4.98 Å². The van der Waals surface area contributed by atoms with E-state index in [1.807, 2.05) is 0 Å². The van der Waals surface area contributed by atoms with E-state index in [1.54, 1.807) is 19.5 Å². The molecule has 0 aliphatic heterocycles. The Kier molecular flexibility index (Phi) is 3.46. The number of rotatable bonds is 5.